The fourth-order valence-corrected chi connectivity index (χ4v) is 4.04. The van der Waals surface area contributed by atoms with Crippen molar-refractivity contribution in [2.75, 3.05) is 17.6 Å². The molecule has 2 aromatic carbocycles. The minimum atomic E-state index is -0.330. The van der Waals surface area contributed by atoms with E-state index in [-0.39, 0.29) is 29.6 Å². The van der Waals surface area contributed by atoms with E-state index in [4.69, 9.17) is 5.73 Å². The molecule has 0 spiro atoms. The van der Waals surface area contributed by atoms with Gasteiger partial charge in [0.1, 0.15) is 5.82 Å². The van der Waals surface area contributed by atoms with Gasteiger partial charge in [-0.1, -0.05) is 12.1 Å². The van der Waals surface area contributed by atoms with E-state index >= 15 is 0 Å². The first-order chi connectivity index (χ1) is 15.4. The quantitative estimate of drug-likeness (QED) is 0.642. The second kappa shape index (κ2) is 9.13. The minimum absolute atomic E-state index is 0.119. The minimum Gasteiger partial charge on any atom is -0.368 e. The molecule has 164 valence electrons. The van der Waals surface area contributed by atoms with Gasteiger partial charge >= 0.3 is 0 Å². The lowest BCUT2D eigenvalue weighted by molar-refractivity contribution is -0.114. The summed E-state index contributed by atoms with van der Waals surface area (Å²) in [6.45, 7) is 2.02. The lowest BCUT2D eigenvalue weighted by Crippen LogP contribution is -2.39. The number of nitrogens with zero attached hydrogens (tertiary/aromatic N) is 3. The predicted octanol–water partition coefficient (Wildman–Crippen LogP) is 4.19. The van der Waals surface area contributed by atoms with Crippen LogP contribution in [0.2, 0.25) is 0 Å². The lowest BCUT2D eigenvalue weighted by atomic mass is 9.93. The number of aromatic nitrogens is 2. The lowest BCUT2D eigenvalue weighted by Gasteiger charge is -2.36. The highest BCUT2D eigenvalue weighted by Gasteiger charge is 2.32. The zero-order valence-corrected chi connectivity index (χ0v) is 17.7. The Hall–Kier alpha value is -3.81. The van der Waals surface area contributed by atoms with Gasteiger partial charge < -0.3 is 16.0 Å². The highest BCUT2D eigenvalue weighted by molar-refractivity contribution is 5.96. The summed E-state index contributed by atoms with van der Waals surface area (Å²) in [5.41, 5.74) is 9.21. The van der Waals surface area contributed by atoms with Gasteiger partial charge in [0, 0.05) is 36.5 Å². The molecule has 4 rings (SSSR count). The van der Waals surface area contributed by atoms with Crippen molar-refractivity contribution in [2.24, 2.45) is 0 Å². The number of hydrogen-bond donors (Lipinski definition) is 2. The van der Waals surface area contributed by atoms with E-state index in [2.05, 4.69) is 15.3 Å². The normalized spacial score (nSPS) is 15.9. The van der Waals surface area contributed by atoms with Crippen molar-refractivity contribution in [3.8, 4) is 11.1 Å². The Morgan fingerprint density at radius 3 is 2.50 bits per heavy atom. The number of hydrogen-bond acceptors (Lipinski definition) is 5. The van der Waals surface area contributed by atoms with E-state index in [1.165, 1.54) is 19.1 Å². The number of nitrogen functional groups attached to an aromatic ring is 1. The number of likely N-dealkylation sites (tertiary alicyclic amines) is 1. The van der Waals surface area contributed by atoms with Crippen molar-refractivity contribution >= 4 is 23.5 Å². The van der Waals surface area contributed by atoms with Crippen LogP contribution < -0.4 is 11.1 Å². The average Bonchev–Trinajstić information content (AvgIpc) is 2.79. The maximum Gasteiger partial charge on any atom is 0.254 e. The van der Waals surface area contributed by atoms with E-state index in [1.807, 2.05) is 4.90 Å². The number of halogens is 1. The monoisotopic (exact) mass is 433 g/mol. The molecule has 0 radical (unpaired) electrons. The number of carbonyl (C=O) groups is 2. The number of anilines is 2. The first-order valence-electron chi connectivity index (χ1n) is 10.5. The molecule has 32 heavy (non-hydrogen) atoms. The van der Waals surface area contributed by atoms with Crippen molar-refractivity contribution in [3.63, 3.8) is 0 Å². The molecule has 0 bridgehead atoms. The highest BCUT2D eigenvalue weighted by atomic mass is 19.1. The average molecular weight is 433 g/mol. The van der Waals surface area contributed by atoms with Crippen LogP contribution in [0.15, 0.2) is 54.7 Å². The van der Waals surface area contributed by atoms with Crippen LogP contribution in [0.3, 0.4) is 0 Å². The molecule has 1 fully saturated rings. The Morgan fingerprint density at radius 1 is 1.09 bits per heavy atom. The number of benzene rings is 2. The molecule has 2 amide bonds. The molecule has 1 aromatic heterocycles. The van der Waals surface area contributed by atoms with Crippen LogP contribution in [0, 0.1) is 5.82 Å². The molecule has 1 saturated heterocycles. The largest absolute Gasteiger partial charge is 0.368 e. The third-order valence-electron chi connectivity index (χ3n) is 5.52. The molecule has 0 saturated carbocycles. The maximum atomic E-state index is 13.4. The second-order valence-corrected chi connectivity index (χ2v) is 7.80. The van der Waals surface area contributed by atoms with Gasteiger partial charge in [-0.2, -0.15) is 0 Å². The number of nitrogens with one attached hydrogen (secondary N) is 1. The van der Waals surface area contributed by atoms with Crippen molar-refractivity contribution in [3.05, 3.63) is 71.8 Å². The summed E-state index contributed by atoms with van der Waals surface area (Å²) >= 11 is 0. The van der Waals surface area contributed by atoms with Crippen LogP contribution in [0.5, 0.6) is 0 Å². The van der Waals surface area contributed by atoms with Gasteiger partial charge in [-0.3, -0.25) is 9.59 Å². The summed E-state index contributed by atoms with van der Waals surface area (Å²) in [6.07, 6.45) is 4.20. The summed E-state index contributed by atoms with van der Waals surface area (Å²) in [6, 6.07) is 12.7. The van der Waals surface area contributed by atoms with Gasteiger partial charge in [-0.15, -0.1) is 0 Å². The molecule has 1 aliphatic heterocycles. The van der Waals surface area contributed by atoms with Crippen LogP contribution in [0.4, 0.5) is 16.0 Å². The van der Waals surface area contributed by atoms with E-state index in [0.717, 1.165) is 30.4 Å². The number of nitrogens with two attached hydrogens (primary N) is 1. The molecule has 0 aliphatic carbocycles. The third kappa shape index (κ3) is 4.59. The molecule has 7 nitrogen and oxygen atoms in total. The van der Waals surface area contributed by atoms with E-state index in [0.29, 0.717) is 23.5 Å². The smallest absolute Gasteiger partial charge is 0.254 e. The fraction of sp³-hybridized carbons (Fsp3) is 0.250. The topological polar surface area (TPSA) is 101 Å². The number of carbonyl (C=O) groups excluding carboxylic acids is 2. The molecule has 0 unspecified atom stereocenters. The van der Waals surface area contributed by atoms with E-state index in [1.54, 1.807) is 42.6 Å². The van der Waals surface area contributed by atoms with Gasteiger partial charge in [0.05, 0.1) is 11.7 Å². The zero-order valence-electron chi connectivity index (χ0n) is 17.7. The molecule has 3 N–H and O–H groups in total. The van der Waals surface area contributed by atoms with Gasteiger partial charge in [0.25, 0.3) is 5.91 Å². The SMILES string of the molecule is CC(=O)Nc1ccc(C(=O)N2CCCC[C@H]2c2nc(N)ncc2-c2ccc(F)cc2)cc1. The first kappa shape index (κ1) is 21.4. The van der Waals surface area contributed by atoms with Crippen LogP contribution in [-0.4, -0.2) is 33.2 Å². The highest BCUT2D eigenvalue weighted by Crippen LogP contribution is 2.36. The van der Waals surface area contributed by atoms with Crippen LogP contribution >= 0.6 is 0 Å². The molecule has 3 aromatic rings. The zero-order chi connectivity index (χ0) is 22.7. The Bertz CT molecular complexity index is 1130. The van der Waals surface area contributed by atoms with Crippen molar-refractivity contribution < 1.29 is 14.0 Å². The Labute approximate surface area is 185 Å². The van der Waals surface area contributed by atoms with Gasteiger partial charge in [-0.05, 0) is 61.2 Å². The predicted molar refractivity (Wildman–Crippen MR) is 120 cm³/mol. The molecule has 8 heteroatoms. The van der Waals surface area contributed by atoms with Gasteiger partial charge in [-0.25, -0.2) is 14.4 Å². The summed E-state index contributed by atoms with van der Waals surface area (Å²) in [5, 5.41) is 2.70. The van der Waals surface area contributed by atoms with Crippen molar-refractivity contribution in [1.29, 1.82) is 0 Å². The Morgan fingerprint density at radius 2 is 1.81 bits per heavy atom. The molecular weight excluding hydrogens is 409 g/mol. The maximum absolute atomic E-state index is 13.4. The number of amides is 2. The van der Waals surface area contributed by atoms with Crippen LogP contribution in [-0.2, 0) is 4.79 Å². The summed E-state index contributed by atoms with van der Waals surface area (Å²) in [4.78, 5) is 35.1. The summed E-state index contributed by atoms with van der Waals surface area (Å²) in [7, 11) is 0. The first-order valence-corrected chi connectivity index (χ1v) is 10.5. The summed E-state index contributed by atoms with van der Waals surface area (Å²) < 4.78 is 13.4. The Kier molecular flexibility index (Phi) is 6.11. The van der Waals surface area contributed by atoms with Crippen molar-refractivity contribution in [1.82, 2.24) is 14.9 Å². The molecule has 1 aliphatic rings. The van der Waals surface area contributed by atoms with Crippen LogP contribution in [0.25, 0.3) is 11.1 Å². The molecule has 2 heterocycles. The van der Waals surface area contributed by atoms with Gasteiger partial charge in [0.2, 0.25) is 11.9 Å². The molecule has 1 atom stereocenters. The number of rotatable bonds is 4. The number of piperidine rings is 1. The fourth-order valence-electron chi connectivity index (χ4n) is 4.04. The van der Waals surface area contributed by atoms with Gasteiger partial charge in [0.15, 0.2) is 0 Å². The van der Waals surface area contributed by atoms with E-state index < -0.39 is 0 Å². The third-order valence-corrected chi connectivity index (χ3v) is 5.52. The van der Waals surface area contributed by atoms with Crippen LogP contribution in [0.1, 0.15) is 48.3 Å². The molecular formula is C24H24FN5O2. The second-order valence-electron chi connectivity index (χ2n) is 7.80. The van der Waals surface area contributed by atoms with Crippen molar-refractivity contribution in [2.45, 2.75) is 32.2 Å². The standard InChI is InChI=1S/C24H24FN5O2/c1-15(31)28-19-11-7-17(8-12-19)23(32)30-13-3-2-4-21(30)22-20(14-27-24(26)29-22)16-5-9-18(25)10-6-16/h5-12,14,21H,2-4,13H2,1H3,(H,28,31)(H2,26,27,29)/t21-/m0/s1. The van der Waals surface area contributed by atoms with E-state index in [9.17, 15) is 14.0 Å². The Balaban J connectivity index is 1.68. The summed E-state index contributed by atoms with van der Waals surface area (Å²) in [5.74, 6) is -0.492.